The third kappa shape index (κ3) is 4.66. The van der Waals surface area contributed by atoms with Gasteiger partial charge in [0.15, 0.2) is 17.3 Å². The van der Waals surface area contributed by atoms with Crippen molar-refractivity contribution in [1.29, 1.82) is 0 Å². The first-order valence-electron chi connectivity index (χ1n) is 8.72. The molecule has 0 atom stereocenters. The summed E-state index contributed by atoms with van der Waals surface area (Å²) in [6.07, 6.45) is 1.72. The standard InChI is InChI=1S/C19H23N5O2S2/c1-12-21-14(11-28-12)10-26-15-7-6-13(8-16(15)25-5)9-20-24-17(19(2,3)4)22-23-18(24)27/h6-9,11H,10H2,1-5H3,(H,23,27)/b20-9-. The minimum absolute atomic E-state index is 0.186. The number of nitrogens with zero attached hydrogens (tertiary/aromatic N) is 4. The summed E-state index contributed by atoms with van der Waals surface area (Å²) in [4.78, 5) is 4.40. The van der Waals surface area contributed by atoms with Gasteiger partial charge < -0.3 is 9.47 Å². The van der Waals surface area contributed by atoms with Crippen molar-refractivity contribution in [3.05, 3.63) is 50.4 Å². The molecule has 9 heteroatoms. The van der Waals surface area contributed by atoms with Crippen molar-refractivity contribution in [1.82, 2.24) is 19.9 Å². The van der Waals surface area contributed by atoms with Gasteiger partial charge in [0, 0.05) is 10.8 Å². The summed E-state index contributed by atoms with van der Waals surface area (Å²) in [5.41, 5.74) is 1.57. The first-order chi connectivity index (χ1) is 13.3. The normalized spacial score (nSPS) is 11.9. The van der Waals surface area contributed by atoms with Gasteiger partial charge in [-0.1, -0.05) is 20.8 Å². The quantitative estimate of drug-likeness (QED) is 0.473. The molecular weight excluding hydrogens is 394 g/mol. The Morgan fingerprint density at radius 2 is 2.11 bits per heavy atom. The van der Waals surface area contributed by atoms with E-state index in [4.69, 9.17) is 21.7 Å². The Balaban J connectivity index is 1.80. The SMILES string of the molecule is COc1cc(/C=N\n2c(C(C)(C)C)n[nH]c2=S)ccc1OCc1csc(C)n1. The van der Waals surface area contributed by atoms with E-state index >= 15 is 0 Å². The van der Waals surface area contributed by atoms with Gasteiger partial charge in [-0.15, -0.1) is 11.3 Å². The number of nitrogens with one attached hydrogen (secondary N) is 1. The van der Waals surface area contributed by atoms with E-state index in [1.165, 1.54) is 0 Å². The Bertz CT molecular complexity index is 1040. The molecule has 0 aliphatic carbocycles. The summed E-state index contributed by atoms with van der Waals surface area (Å²) >= 11 is 6.89. The Kier molecular flexibility index (Phi) is 5.95. The van der Waals surface area contributed by atoms with Gasteiger partial charge in [-0.3, -0.25) is 5.10 Å². The zero-order valence-corrected chi connectivity index (χ0v) is 18.1. The number of aromatic nitrogens is 4. The van der Waals surface area contributed by atoms with Crippen LogP contribution in [-0.4, -0.2) is 33.2 Å². The molecule has 148 valence electrons. The van der Waals surface area contributed by atoms with E-state index in [2.05, 4.69) is 41.1 Å². The molecule has 3 aromatic rings. The van der Waals surface area contributed by atoms with Crippen LogP contribution in [-0.2, 0) is 12.0 Å². The second-order valence-corrected chi connectivity index (χ2v) is 8.66. The number of rotatable bonds is 6. The molecular formula is C19H23N5O2S2. The van der Waals surface area contributed by atoms with Gasteiger partial charge in [0.1, 0.15) is 6.61 Å². The van der Waals surface area contributed by atoms with Crippen molar-refractivity contribution in [3.8, 4) is 11.5 Å². The fourth-order valence-corrected chi connectivity index (χ4v) is 3.30. The van der Waals surface area contributed by atoms with Crippen molar-refractivity contribution in [3.63, 3.8) is 0 Å². The maximum atomic E-state index is 5.85. The number of aryl methyl sites for hydroxylation is 1. The van der Waals surface area contributed by atoms with E-state index in [9.17, 15) is 0 Å². The van der Waals surface area contributed by atoms with Crippen LogP contribution in [0.25, 0.3) is 0 Å². The zero-order valence-electron chi connectivity index (χ0n) is 16.5. The molecule has 1 N–H and O–H groups in total. The number of aromatic amines is 1. The average molecular weight is 418 g/mol. The monoisotopic (exact) mass is 417 g/mol. The van der Waals surface area contributed by atoms with Gasteiger partial charge in [-0.25, -0.2) is 4.98 Å². The molecule has 3 rings (SSSR count). The fourth-order valence-electron chi connectivity index (χ4n) is 2.52. The maximum Gasteiger partial charge on any atom is 0.216 e. The van der Waals surface area contributed by atoms with Crippen LogP contribution >= 0.6 is 23.6 Å². The summed E-state index contributed by atoms with van der Waals surface area (Å²) < 4.78 is 13.4. The number of ether oxygens (including phenoxy) is 2. The van der Waals surface area contributed by atoms with E-state index in [0.717, 1.165) is 22.1 Å². The van der Waals surface area contributed by atoms with Gasteiger partial charge >= 0.3 is 0 Å². The Morgan fingerprint density at radius 1 is 1.32 bits per heavy atom. The lowest BCUT2D eigenvalue weighted by Crippen LogP contribution is -2.17. The molecule has 0 bridgehead atoms. The summed E-state index contributed by atoms with van der Waals surface area (Å²) in [7, 11) is 1.61. The van der Waals surface area contributed by atoms with Crippen LogP contribution in [0.3, 0.4) is 0 Å². The van der Waals surface area contributed by atoms with Crippen LogP contribution < -0.4 is 9.47 Å². The molecule has 28 heavy (non-hydrogen) atoms. The van der Waals surface area contributed by atoms with Gasteiger partial charge in [0.2, 0.25) is 4.77 Å². The van der Waals surface area contributed by atoms with E-state index in [1.54, 1.807) is 29.3 Å². The Morgan fingerprint density at radius 3 is 2.75 bits per heavy atom. The molecule has 2 aromatic heterocycles. The van der Waals surface area contributed by atoms with Crippen LogP contribution in [0.1, 0.15) is 42.9 Å². The lowest BCUT2D eigenvalue weighted by Gasteiger charge is -2.15. The Labute approximate surface area is 173 Å². The Hall–Kier alpha value is -2.52. The highest BCUT2D eigenvalue weighted by atomic mass is 32.1. The molecule has 2 heterocycles. The van der Waals surface area contributed by atoms with Crippen LogP contribution in [0, 0.1) is 11.7 Å². The predicted octanol–water partition coefficient (Wildman–Crippen LogP) is 4.47. The highest BCUT2D eigenvalue weighted by Gasteiger charge is 2.21. The number of thiazole rings is 1. The van der Waals surface area contributed by atoms with E-state index < -0.39 is 0 Å². The molecule has 0 aliphatic rings. The topological polar surface area (TPSA) is 77.3 Å². The largest absolute Gasteiger partial charge is 0.493 e. The number of H-pyrrole nitrogens is 1. The van der Waals surface area contributed by atoms with Crippen LogP contribution in [0.2, 0.25) is 0 Å². The second kappa shape index (κ2) is 8.24. The van der Waals surface area contributed by atoms with E-state index in [0.29, 0.717) is 22.9 Å². The highest BCUT2D eigenvalue weighted by Crippen LogP contribution is 2.28. The third-order valence-electron chi connectivity index (χ3n) is 3.87. The maximum absolute atomic E-state index is 5.85. The molecule has 0 radical (unpaired) electrons. The molecule has 7 nitrogen and oxygen atoms in total. The van der Waals surface area contributed by atoms with Gasteiger partial charge in [-0.05, 0) is 42.9 Å². The average Bonchev–Trinajstić information content (AvgIpc) is 3.23. The molecule has 0 fully saturated rings. The van der Waals surface area contributed by atoms with Crippen molar-refractivity contribution in [2.75, 3.05) is 7.11 Å². The smallest absolute Gasteiger partial charge is 0.216 e. The summed E-state index contributed by atoms with van der Waals surface area (Å²) in [5, 5.41) is 14.6. The van der Waals surface area contributed by atoms with Crippen LogP contribution in [0.15, 0.2) is 28.7 Å². The van der Waals surface area contributed by atoms with Crippen molar-refractivity contribution >= 4 is 29.8 Å². The molecule has 0 saturated carbocycles. The zero-order chi connectivity index (χ0) is 20.3. The molecule has 0 spiro atoms. The van der Waals surface area contributed by atoms with Crippen molar-refractivity contribution < 1.29 is 9.47 Å². The van der Waals surface area contributed by atoms with Gasteiger partial charge in [-0.2, -0.15) is 14.9 Å². The highest BCUT2D eigenvalue weighted by molar-refractivity contribution is 7.71. The fraction of sp³-hybridized carbons (Fsp3) is 0.368. The predicted molar refractivity (Wildman–Crippen MR) is 113 cm³/mol. The molecule has 0 amide bonds. The van der Waals surface area contributed by atoms with Crippen LogP contribution in [0.4, 0.5) is 0 Å². The van der Waals surface area contributed by atoms with Crippen molar-refractivity contribution in [2.45, 2.75) is 39.7 Å². The first kappa shape index (κ1) is 20.2. The summed E-state index contributed by atoms with van der Waals surface area (Å²) in [6.45, 7) is 8.54. The van der Waals surface area contributed by atoms with Gasteiger partial charge in [0.25, 0.3) is 0 Å². The van der Waals surface area contributed by atoms with Crippen LogP contribution in [0.5, 0.6) is 11.5 Å². The number of methoxy groups -OCH3 is 1. The third-order valence-corrected chi connectivity index (χ3v) is 4.96. The summed E-state index contributed by atoms with van der Waals surface area (Å²) in [6, 6.07) is 5.64. The molecule has 0 aliphatic heterocycles. The number of hydrogen-bond acceptors (Lipinski definition) is 7. The van der Waals surface area contributed by atoms with Gasteiger partial charge in [0.05, 0.1) is 24.0 Å². The van der Waals surface area contributed by atoms with E-state index in [1.807, 2.05) is 30.5 Å². The number of benzene rings is 1. The molecule has 0 unspecified atom stereocenters. The minimum atomic E-state index is -0.186. The second-order valence-electron chi connectivity index (χ2n) is 7.22. The lowest BCUT2D eigenvalue weighted by atomic mass is 9.96. The minimum Gasteiger partial charge on any atom is -0.493 e. The molecule has 0 saturated heterocycles. The first-order valence-corrected chi connectivity index (χ1v) is 10.0. The molecule has 1 aromatic carbocycles. The van der Waals surface area contributed by atoms with E-state index in [-0.39, 0.29) is 5.41 Å². The van der Waals surface area contributed by atoms with Crippen molar-refractivity contribution in [2.24, 2.45) is 5.10 Å². The number of hydrogen-bond donors (Lipinski definition) is 1. The lowest BCUT2D eigenvalue weighted by molar-refractivity contribution is 0.281. The summed E-state index contributed by atoms with van der Waals surface area (Å²) in [5.74, 6) is 2.04.